The second-order valence-corrected chi connectivity index (χ2v) is 7.60. The van der Waals surface area contributed by atoms with Crippen LogP contribution in [0.2, 0.25) is 0 Å². The number of nitro benzene ring substituents is 1. The monoisotopic (exact) mass is 410 g/mol. The number of thiazole rings is 1. The molecule has 0 unspecified atom stereocenters. The highest BCUT2D eigenvalue weighted by Gasteiger charge is 2.14. The molecule has 4 rings (SSSR count). The van der Waals surface area contributed by atoms with E-state index in [9.17, 15) is 10.1 Å². The molecule has 1 fully saturated rings. The molecule has 0 aliphatic carbocycles. The van der Waals surface area contributed by atoms with Crippen LogP contribution in [0.15, 0.2) is 65.0 Å². The maximum atomic E-state index is 11.0. The van der Waals surface area contributed by atoms with Gasteiger partial charge in [0, 0.05) is 43.7 Å². The van der Waals surface area contributed by atoms with Gasteiger partial charge in [-0.05, 0) is 29.8 Å². The number of rotatable bonds is 6. The Morgan fingerprint density at radius 2 is 1.76 bits per heavy atom. The minimum Gasteiger partial charge on any atom is -0.379 e. The lowest BCUT2D eigenvalue weighted by atomic mass is 10.1. The first-order valence-corrected chi connectivity index (χ1v) is 10.4. The average Bonchev–Trinajstić information content (AvgIpc) is 3.16. The fraction of sp³-hybridized carbons (Fsp3) is 0.286. The summed E-state index contributed by atoms with van der Waals surface area (Å²) < 4.78 is 7.65. The average molecular weight is 410 g/mol. The minimum atomic E-state index is -0.375. The maximum absolute atomic E-state index is 11.0. The van der Waals surface area contributed by atoms with E-state index in [1.54, 1.807) is 35.6 Å². The van der Waals surface area contributed by atoms with Crippen molar-refractivity contribution in [2.75, 3.05) is 32.8 Å². The van der Waals surface area contributed by atoms with Crippen LogP contribution in [0.1, 0.15) is 0 Å². The maximum Gasteiger partial charge on any atom is 0.269 e. The first-order chi connectivity index (χ1) is 14.2. The second kappa shape index (κ2) is 9.13. The van der Waals surface area contributed by atoms with Crippen LogP contribution in [-0.2, 0) is 11.3 Å². The summed E-state index contributed by atoms with van der Waals surface area (Å²) >= 11 is 1.58. The molecule has 1 saturated heterocycles. The van der Waals surface area contributed by atoms with Gasteiger partial charge in [0.15, 0.2) is 4.80 Å². The summed E-state index contributed by atoms with van der Waals surface area (Å²) in [6, 6.07) is 16.6. The molecule has 29 heavy (non-hydrogen) atoms. The van der Waals surface area contributed by atoms with E-state index in [-0.39, 0.29) is 10.6 Å². The third-order valence-corrected chi connectivity index (χ3v) is 5.76. The lowest BCUT2D eigenvalue weighted by molar-refractivity contribution is -0.384. The van der Waals surface area contributed by atoms with Crippen LogP contribution in [-0.4, -0.2) is 47.2 Å². The third-order valence-electron chi connectivity index (χ3n) is 4.90. The van der Waals surface area contributed by atoms with Gasteiger partial charge in [-0.2, -0.15) is 0 Å². The molecule has 0 amide bonds. The zero-order valence-corrected chi connectivity index (χ0v) is 16.8. The molecule has 2 aromatic carbocycles. The highest BCUT2D eigenvalue weighted by atomic mass is 32.1. The first-order valence-electron chi connectivity index (χ1n) is 9.54. The molecule has 0 spiro atoms. The normalized spacial score (nSPS) is 15.5. The molecular formula is C21H22N4O3S. The molecule has 150 valence electrons. The smallest absolute Gasteiger partial charge is 0.269 e. The Labute approximate surface area is 172 Å². The number of morpholine rings is 1. The molecule has 0 saturated carbocycles. The minimum absolute atomic E-state index is 0.0954. The van der Waals surface area contributed by atoms with E-state index in [0.29, 0.717) is 0 Å². The number of aromatic nitrogens is 1. The molecule has 1 aromatic heterocycles. The zero-order valence-electron chi connectivity index (χ0n) is 15.9. The summed E-state index contributed by atoms with van der Waals surface area (Å²) in [7, 11) is 0. The van der Waals surface area contributed by atoms with Crippen LogP contribution in [0.3, 0.4) is 0 Å². The van der Waals surface area contributed by atoms with Gasteiger partial charge < -0.3 is 9.30 Å². The molecule has 0 N–H and O–H groups in total. The molecule has 1 aliphatic rings. The van der Waals surface area contributed by atoms with Crippen molar-refractivity contribution < 1.29 is 9.66 Å². The largest absolute Gasteiger partial charge is 0.379 e. The van der Waals surface area contributed by atoms with Crippen molar-refractivity contribution in [1.29, 1.82) is 0 Å². The van der Waals surface area contributed by atoms with Gasteiger partial charge in [-0.3, -0.25) is 15.0 Å². The van der Waals surface area contributed by atoms with Crippen LogP contribution in [0.25, 0.3) is 11.3 Å². The van der Waals surface area contributed by atoms with Gasteiger partial charge in [0.2, 0.25) is 0 Å². The Morgan fingerprint density at radius 1 is 1.03 bits per heavy atom. The van der Waals surface area contributed by atoms with Crippen molar-refractivity contribution in [3.8, 4) is 11.3 Å². The molecular weight excluding hydrogens is 388 g/mol. The fourth-order valence-corrected chi connectivity index (χ4v) is 4.25. The Morgan fingerprint density at radius 3 is 2.45 bits per heavy atom. The lowest BCUT2D eigenvalue weighted by Gasteiger charge is -2.26. The van der Waals surface area contributed by atoms with Gasteiger partial charge in [0.25, 0.3) is 5.69 Å². The van der Waals surface area contributed by atoms with Crippen molar-refractivity contribution in [2.45, 2.75) is 6.54 Å². The topological polar surface area (TPSA) is 72.9 Å². The van der Waals surface area contributed by atoms with E-state index in [1.807, 2.05) is 30.3 Å². The standard InChI is InChI=1S/C21H22N4O3S/c26-25(27)19-8-6-17(7-9-19)20-16-29-21(22-18-4-2-1-3-5-18)24(20)11-10-23-12-14-28-15-13-23/h1-9,16H,10-15H2. The Bertz CT molecular complexity index is 1020. The lowest BCUT2D eigenvalue weighted by Crippen LogP contribution is -2.39. The summed E-state index contributed by atoms with van der Waals surface area (Å²) in [6.45, 7) is 5.10. The number of para-hydroxylation sites is 1. The third kappa shape index (κ3) is 4.79. The van der Waals surface area contributed by atoms with E-state index in [0.717, 1.165) is 61.1 Å². The van der Waals surface area contributed by atoms with Crippen molar-refractivity contribution in [3.63, 3.8) is 0 Å². The van der Waals surface area contributed by atoms with Gasteiger partial charge in [-0.25, -0.2) is 4.99 Å². The van der Waals surface area contributed by atoms with Crippen LogP contribution in [0.4, 0.5) is 11.4 Å². The number of nitrogens with zero attached hydrogens (tertiary/aromatic N) is 4. The van der Waals surface area contributed by atoms with Crippen LogP contribution < -0.4 is 4.80 Å². The molecule has 3 aromatic rings. The fourth-order valence-electron chi connectivity index (χ4n) is 3.30. The van der Waals surface area contributed by atoms with Gasteiger partial charge in [0.1, 0.15) is 0 Å². The van der Waals surface area contributed by atoms with Crippen molar-refractivity contribution >= 4 is 22.7 Å². The van der Waals surface area contributed by atoms with Crippen molar-refractivity contribution in [2.24, 2.45) is 4.99 Å². The van der Waals surface area contributed by atoms with Gasteiger partial charge in [-0.15, -0.1) is 11.3 Å². The predicted octanol–water partition coefficient (Wildman–Crippen LogP) is 3.69. The summed E-state index contributed by atoms with van der Waals surface area (Å²) in [5, 5.41) is 13.0. The highest BCUT2D eigenvalue weighted by molar-refractivity contribution is 7.07. The molecule has 0 bridgehead atoms. The van der Waals surface area contributed by atoms with Crippen LogP contribution in [0, 0.1) is 10.1 Å². The summed E-state index contributed by atoms with van der Waals surface area (Å²) in [6.07, 6.45) is 0. The molecule has 0 atom stereocenters. The van der Waals surface area contributed by atoms with Crippen molar-refractivity contribution in [3.05, 3.63) is 74.9 Å². The van der Waals surface area contributed by atoms with Crippen LogP contribution >= 0.6 is 11.3 Å². The zero-order chi connectivity index (χ0) is 20.1. The SMILES string of the molecule is O=[N+]([O-])c1ccc(-c2csc(=Nc3ccccc3)n2CCN2CCOCC2)cc1. The van der Waals surface area contributed by atoms with Crippen LogP contribution in [0.5, 0.6) is 0 Å². The molecule has 7 nitrogen and oxygen atoms in total. The van der Waals surface area contributed by atoms with E-state index in [2.05, 4.69) is 14.8 Å². The van der Waals surface area contributed by atoms with E-state index in [1.165, 1.54) is 0 Å². The van der Waals surface area contributed by atoms with E-state index in [4.69, 9.17) is 9.73 Å². The highest BCUT2D eigenvalue weighted by Crippen LogP contribution is 2.23. The Kier molecular flexibility index (Phi) is 6.14. The Balaban J connectivity index is 1.68. The summed E-state index contributed by atoms with van der Waals surface area (Å²) in [4.78, 5) is 18.7. The number of hydrogen-bond acceptors (Lipinski definition) is 6. The van der Waals surface area contributed by atoms with Gasteiger partial charge in [-0.1, -0.05) is 18.2 Å². The van der Waals surface area contributed by atoms with E-state index >= 15 is 0 Å². The quantitative estimate of drug-likeness (QED) is 0.459. The Hall–Kier alpha value is -2.81. The van der Waals surface area contributed by atoms with Crippen molar-refractivity contribution in [1.82, 2.24) is 9.47 Å². The summed E-state index contributed by atoms with van der Waals surface area (Å²) in [5.41, 5.74) is 2.97. The van der Waals surface area contributed by atoms with E-state index < -0.39 is 0 Å². The van der Waals surface area contributed by atoms with Gasteiger partial charge >= 0.3 is 0 Å². The van der Waals surface area contributed by atoms with Gasteiger partial charge in [0.05, 0.1) is 29.5 Å². The number of hydrogen-bond donors (Lipinski definition) is 0. The predicted molar refractivity (Wildman–Crippen MR) is 113 cm³/mol. The number of nitro groups is 1. The second-order valence-electron chi connectivity index (χ2n) is 6.76. The number of benzene rings is 2. The molecule has 8 heteroatoms. The number of ether oxygens (including phenoxy) is 1. The summed E-state index contributed by atoms with van der Waals surface area (Å²) in [5.74, 6) is 0. The molecule has 2 heterocycles. The molecule has 0 radical (unpaired) electrons. The first kappa shape index (κ1) is 19.5. The molecule has 1 aliphatic heterocycles. The number of non-ortho nitro benzene ring substituents is 1.